The first-order chi connectivity index (χ1) is 14.1. The van der Waals surface area contributed by atoms with Crippen LogP contribution in [0.3, 0.4) is 0 Å². The summed E-state index contributed by atoms with van der Waals surface area (Å²) in [5.74, 6) is -0.654. The molecule has 0 aliphatic heterocycles. The Morgan fingerprint density at radius 1 is 1.20 bits per heavy atom. The van der Waals surface area contributed by atoms with E-state index in [1.807, 2.05) is 31.2 Å². The minimum absolute atomic E-state index is 0.0134. The predicted molar refractivity (Wildman–Crippen MR) is 114 cm³/mol. The number of nitrogens with one attached hydrogen (secondary N) is 1. The van der Waals surface area contributed by atoms with E-state index in [1.54, 1.807) is 0 Å². The zero-order chi connectivity index (χ0) is 21.9. The second kappa shape index (κ2) is 8.55. The van der Waals surface area contributed by atoms with Crippen LogP contribution in [0.15, 0.2) is 48.5 Å². The van der Waals surface area contributed by atoms with Gasteiger partial charge in [0.15, 0.2) is 0 Å². The Labute approximate surface area is 176 Å². The fraction of sp³-hybridized carbons (Fsp3) is 0.167. The van der Waals surface area contributed by atoms with E-state index in [0.717, 1.165) is 39.1 Å². The molecular weight excluding hydrogens is 430 g/mol. The van der Waals surface area contributed by atoms with Crippen LogP contribution in [0.5, 0.6) is 0 Å². The molecule has 0 unspecified atom stereocenters. The number of nitrogens with zero attached hydrogens (tertiary/aromatic N) is 4. The molecule has 0 radical (unpaired) electrons. The van der Waals surface area contributed by atoms with Crippen LogP contribution in [0.4, 0.5) is 16.5 Å². The number of aryl methyl sites for hydroxylation is 1. The summed E-state index contributed by atoms with van der Waals surface area (Å²) in [6, 6.07) is 12.7. The highest BCUT2D eigenvalue weighted by atomic mass is 32.2. The number of sulfonamides is 1. The minimum Gasteiger partial charge on any atom is -0.299 e. The Balaban J connectivity index is 1.77. The molecule has 0 fully saturated rings. The van der Waals surface area contributed by atoms with Crippen molar-refractivity contribution in [2.75, 3.05) is 22.4 Å². The number of hydrogen-bond donors (Lipinski definition) is 1. The summed E-state index contributed by atoms with van der Waals surface area (Å²) < 4.78 is 25.1. The number of aromatic nitrogens is 2. The molecule has 0 saturated carbocycles. The monoisotopic (exact) mass is 447 g/mol. The standard InChI is InChI=1S/C18H17N5O5S2/c1-12-6-8-13(9-7-12)17-20-21-18(29-17)19-16(24)11-22(30(2,27)28)14-4-3-5-15(10-14)23(25)26/h3-10H,11H2,1-2H3,(H,19,21,24). The van der Waals surface area contributed by atoms with Crippen molar-refractivity contribution in [3.63, 3.8) is 0 Å². The number of carbonyl (C=O) groups excluding carboxylic acids is 1. The van der Waals surface area contributed by atoms with E-state index in [1.165, 1.54) is 18.2 Å². The van der Waals surface area contributed by atoms with E-state index >= 15 is 0 Å². The lowest BCUT2D eigenvalue weighted by Crippen LogP contribution is -2.37. The van der Waals surface area contributed by atoms with Crippen molar-refractivity contribution in [2.45, 2.75) is 6.92 Å². The van der Waals surface area contributed by atoms with E-state index in [2.05, 4.69) is 15.5 Å². The van der Waals surface area contributed by atoms with Crippen molar-refractivity contribution in [2.24, 2.45) is 0 Å². The maximum absolute atomic E-state index is 12.4. The molecule has 1 N–H and O–H groups in total. The van der Waals surface area contributed by atoms with Crippen molar-refractivity contribution in [3.8, 4) is 10.6 Å². The Morgan fingerprint density at radius 2 is 1.90 bits per heavy atom. The molecule has 2 aromatic carbocycles. The highest BCUT2D eigenvalue weighted by Gasteiger charge is 2.23. The number of rotatable bonds is 7. The van der Waals surface area contributed by atoms with Gasteiger partial charge in [-0.05, 0) is 13.0 Å². The van der Waals surface area contributed by atoms with E-state index in [0.29, 0.717) is 5.01 Å². The molecule has 1 amide bonds. The Bertz CT molecular complexity index is 1190. The molecule has 1 heterocycles. The van der Waals surface area contributed by atoms with Gasteiger partial charge < -0.3 is 0 Å². The summed E-state index contributed by atoms with van der Waals surface area (Å²) in [5.41, 5.74) is 1.67. The van der Waals surface area contributed by atoms with E-state index < -0.39 is 27.4 Å². The second-order valence-corrected chi connectivity index (χ2v) is 9.26. The molecule has 0 aliphatic carbocycles. The highest BCUT2D eigenvalue weighted by Crippen LogP contribution is 2.27. The number of benzene rings is 2. The molecule has 3 aromatic rings. The first-order valence-corrected chi connectivity index (χ1v) is 11.2. The number of nitro groups is 1. The quantitative estimate of drug-likeness (QED) is 0.434. The van der Waals surface area contributed by atoms with Gasteiger partial charge in [0.2, 0.25) is 21.1 Å². The first-order valence-electron chi connectivity index (χ1n) is 8.56. The van der Waals surface area contributed by atoms with Gasteiger partial charge in [-0.1, -0.05) is 47.2 Å². The van der Waals surface area contributed by atoms with Crippen LogP contribution in [0, 0.1) is 17.0 Å². The molecule has 0 saturated heterocycles. The van der Waals surface area contributed by atoms with Crippen LogP contribution in [0.2, 0.25) is 0 Å². The van der Waals surface area contributed by atoms with Gasteiger partial charge in [0.1, 0.15) is 11.6 Å². The fourth-order valence-corrected chi connectivity index (χ4v) is 4.15. The van der Waals surface area contributed by atoms with Crippen molar-refractivity contribution >= 4 is 43.8 Å². The van der Waals surface area contributed by atoms with Gasteiger partial charge in [0.05, 0.1) is 16.9 Å². The van der Waals surface area contributed by atoms with Crippen molar-refractivity contribution in [3.05, 3.63) is 64.2 Å². The SMILES string of the molecule is Cc1ccc(-c2nnc(NC(=O)CN(c3cccc([N+](=O)[O-])c3)S(C)(=O)=O)s2)cc1. The number of hydrogen-bond acceptors (Lipinski definition) is 8. The molecule has 10 nitrogen and oxygen atoms in total. The largest absolute Gasteiger partial charge is 0.299 e. The summed E-state index contributed by atoms with van der Waals surface area (Å²) in [4.78, 5) is 22.8. The highest BCUT2D eigenvalue weighted by molar-refractivity contribution is 7.92. The molecule has 3 rings (SSSR count). The summed E-state index contributed by atoms with van der Waals surface area (Å²) in [6.07, 6.45) is 0.916. The molecule has 30 heavy (non-hydrogen) atoms. The zero-order valence-electron chi connectivity index (χ0n) is 16.0. The summed E-state index contributed by atoms with van der Waals surface area (Å²) in [5, 5.41) is 22.2. The molecule has 12 heteroatoms. The molecule has 0 aliphatic rings. The van der Waals surface area contributed by atoms with Gasteiger partial charge in [-0.2, -0.15) is 0 Å². The normalized spacial score (nSPS) is 11.1. The average molecular weight is 447 g/mol. The minimum atomic E-state index is -3.87. The Hall–Kier alpha value is -3.38. The summed E-state index contributed by atoms with van der Waals surface area (Å²) in [6.45, 7) is 1.39. The molecule has 156 valence electrons. The lowest BCUT2D eigenvalue weighted by atomic mass is 10.2. The van der Waals surface area contributed by atoms with E-state index in [9.17, 15) is 23.3 Å². The fourth-order valence-electron chi connectivity index (χ4n) is 2.54. The van der Waals surface area contributed by atoms with Gasteiger partial charge >= 0.3 is 0 Å². The molecule has 1 aromatic heterocycles. The van der Waals surface area contributed by atoms with Crippen LogP contribution < -0.4 is 9.62 Å². The van der Waals surface area contributed by atoms with Crippen LogP contribution in [-0.2, 0) is 14.8 Å². The predicted octanol–water partition coefficient (Wildman–Crippen LogP) is 2.83. The third-order valence-electron chi connectivity index (χ3n) is 3.99. The number of nitro benzene ring substituents is 1. The van der Waals surface area contributed by atoms with E-state index in [-0.39, 0.29) is 16.5 Å². The number of non-ortho nitro benzene ring substituents is 1. The number of amides is 1. The molecule has 0 spiro atoms. The van der Waals surface area contributed by atoms with Gasteiger partial charge in [-0.3, -0.25) is 24.5 Å². The summed E-state index contributed by atoms with van der Waals surface area (Å²) >= 11 is 1.15. The van der Waals surface area contributed by atoms with Crippen molar-refractivity contribution in [1.29, 1.82) is 0 Å². The summed E-state index contributed by atoms with van der Waals surface area (Å²) in [7, 11) is -3.87. The van der Waals surface area contributed by atoms with Crippen molar-refractivity contribution in [1.82, 2.24) is 10.2 Å². The zero-order valence-corrected chi connectivity index (χ0v) is 17.6. The number of carbonyl (C=O) groups is 1. The third kappa shape index (κ3) is 5.15. The Morgan fingerprint density at radius 3 is 2.53 bits per heavy atom. The van der Waals surface area contributed by atoms with Gasteiger partial charge in [0.25, 0.3) is 5.69 Å². The topological polar surface area (TPSA) is 135 Å². The van der Waals surface area contributed by atoms with Crippen LogP contribution in [0.25, 0.3) is 10.6 Å². The van der Waals surface area contributed by atoms with Crippen molar-refractivity contribution < 1.29 is 18.1 Å². The lowest BCUT2D eigenvalue weighted by molar-refractivity contribution is -0.384. The van der Waals surface area contributed by atoms with Gasteiger partial charge in [-0.25, -0.2) is 8.42 Å². The van der Waals surface area contributed by atoms with Crippen LogP contribution in [0.1, 0.15) is 5.56 Å². The maximum atomic E-state index is 12.4. The van der Waals surface area contributed by atoms with Crippen LogP contribution >= 0.6 is 11.3 Å². The van der Waals surface area contributed by atoms with Crippen LogP contribution in [-0.4, -0.2) is 42.2 Å². The number of anilines is 2. The molecule has 0 atom stereocenters. The smallest absolute Gasteiger partial charge is 0.271 e. The van der Waals surface area contributed by atoms with E-state index in [4.69, 9.17) is 0 Å². The second-order valence-electron chi connectivity index (χ2n) is 6.37. The lowest BCUT2D eigenvalue weighted by Gasteiger charge is -2.21. The maximum Gasteiger partial charge on any atom is 0.271 e. The van der Waals surface area contributed by atoms with Gasteiger partial charge in [0, 0.05) is 17.7 Å². The third-order valence-corrected chi connectivity index (χ3v) is 6.01. The Kier molecular flexibility index (Phi) is 6.08. The molecule has 0 bridgehead atoms. The first kappa shape index (κ1) is 21.3. The average Bonchev–Trinajstić information content (AvgIpc) is 3.14. The molecular formula is C18H17N5O5S2. The van der Waals surface area contributed by atoms with Gasteiger partial charge in [-0.15, -0.1) is 10.2 Å².